The molecule has 0 saturated heterocycles. The number of ether oxygens (including phenoxy) is 2. The van der Waals surface area contributed by atoms with Gasteiger partial charge in [0.2, 0.25) is 0 Å². The van der Waals surface area contributed by atoms with Crippen LogP contribution in [0.3, 0.4) is 0 Å². The van der Waals surface area contributed by atoms with Gasteiger partial charge in [-0.1, -0.05) is 6.07 Å². The molecule has 0 saturated carbocycles. The van der Waals surface area contributed by atoms with Crippen LogP contribution in [0, 0.1) is 11.6 Å². The van der Waals surface area contributed by atoms with Crippen LogP contribution in [0.5, 0.6) is 11.5 Å². The molecule has 1 aliphatic rings. The van der Waals surface area contributed by atoms with Crippen LogP contribution in [0.2, 0.25) is 0 Å². The van der Waals surface area contributed by atoms with Crippen LogP contribution < -0.4 is 14.8 Å². The van der Waals surface area contributed by atoms with Crippen molar-refractivity contribution in [3.63, 3.8) is 0 Å². The highest BCUT2D eigenvalue weighted by atomic mass is 19.2. The molecule has 0 unspecified atom stereocenters. The molecule has 3 nitrogen and oxygen atoms in total. The molecule has 0 fully saturated rings. The Morgan fingerprint density at radius 1 is 1.04 bits per heavy atom. The second-order valence-electron chi connectivity index (χ2n) is 5.76. The van der Waals surface area contributed by atoms with E-state index in [1.807, 2.05) is 31.3 Å². The molecule has 3 rings (SSSR count). The maximum atomic E-state index is 14.3. The average molecular weight is 334 g/mol. The Hall–Kier alpha value is -2.14. The Morgan fingerprint density at radius 3 is 2.46 bits per heavy atom. The summed E-state index contributed by atoms with van der Waals surface area (Å²) < 4.78 is 39.3. The molecule has 0 radical (unpaired) electrons. The molecule has 0 aliphatic carbocycles. The molecule has 2 aromatic carbocycles. The zero-order valence-corrected chi connectivity index (χ0v) is 13.9. The molecule has 1 heterocycles. The molecule has 1 aliphatic heterocycles. The Kier molecular flexibility index (Phi) is 5.00. The van der Waals surface area contributed by atoms with Gasteiger partial charge in [0, 0.05) is 12.0 Å². The van der Waals surface area contributed by atoms with E-state index in [0.29, 0.717) is 30.3 Å². The van der Waals surface area contributed by atoms with Gasteiger partial charge < -0.3 is 14.8 Å². The summed E-state index contributed by atoms with van der Waals surface area (Å²) in [5, 5.41) is 2.04. The van der Waals surface area contributed by atoms with Crippen molar-refractivity contribution in [2.45, 2.75) is 26.3 Å². The summed E-state index contributed by atoms with van der Waals surface area (Å²) in [7, 11) is 0. The fourth-order valence-electron chi connectivity index (χ4n) is 3.25. The van der Waals surface area contributed by atoms with E-state index in [9.17, 15) is 8.78 Å². The number of rotatable bonds is 5. The number of fused-ring (bicyclic) bond motifs is 1. The number of halogens is 2. The van der Waals surface area contributed by atoms with E-state index < -0.39 is 11.6 Å². The summed E-state index contributed by atoms with van der Waals surface area (Å²) in [4.78, 5) is 0. The van der Waals surface area contributed by atoms with Crippen LogP contribution in [-0.4, -0.2) is 19.8 Å². The number of benzene rings is 2. The summed E-state index contributed by atoms with van der Waals surface area (Å²) in [5.41, 5.74) is 2.42. The summed E-state index contributed by atoms with van der Waals surface area (Å²) in [5.74, 6) is -0.240. The number of hydrogen-bond acceptors (Lipinski definition) is 2. The van der Waals surface area contributed by atoms with Gasteiger partial charge in [0.05, 0.1) is 25.3 Å². The van der Waals surface area contributed by atoms with E-state index >= 15 is 0 Å². The topological polar surface area (TPSA) is 35.1 Å². The lowest BCUT2D eigenvalue weighted by molar-refractivity contribution is -0.690. The minimum absolute atomic E-state index is 0.278. The van der Waals surface area contributed by atoms with Crippen LogP contribution in [-0.2, 0) is 6.42 Å². The second-order valence-corrected chi connectivity index (χ2v) is 5.76. The molecule has 128 valence electrons. The van der Waals surface area contributed by atoms with E-state index in [0.717, 1.165) is 30.2 Å². The molecule has 0 amide bonds. The Balaban J connectivity index is 2.09. The van der Waals surface area contributed by atoms with Gasteiger partial charge in [0.1, 0.15) is 6.04 Å². The van der Waals surface area contributed by atoms with Crippen molar-refractivity contribution < 1.29 is 23.6 Å². The number of quaternary nitrogens is 1. The first-order valence-electron chi connectivity index (χ1n) is 8.35. The van der Waals surface area contributed by atoms with Crippen molar-refractivity contribution >= 4 is 0 Å². The lowest BCUT2D eigenvalue weighted by Gasteiger charge is -2.26. The Morgan fingerprint density at radius 2 is 1.75 bits per heavy atom. The van der Waals surface area contributed by atoms with Gasteiger partial charge in [-0.25, -0.2) is 8.78 Å². The van der Waals surface area contributed by atoms with Crippen LogP contribution in [0.4, 0.5) is 8.78 Å². The van der Waals surface area contributed by atoms with Crippen molar-refractivity contribution in [3.05, 3.63) is 58.7 Å². The zero-order valence-electron chi connectivity index (χ0n) is 13.9. The fraction of sp³-hybridized carbons (Fsp3) is 0.368. The van der Waals surface area contributed by atoms with E-state index in [1.165, 1.54) is 0 Å². The van der Waals surface area contributed by atoms with E-state index in [1.54, 1.807) is 12.1 Å². The van der Waals surface area contributed by atoms with Gasteiger partial charge in [-0.15, -0.1) is 0 Å². The highest BCUT2D eigenvalue weighted by Crippen LogP contribution is 2.36. The third-order valence-corrected chi connectivity index (χ3v) is 4.27. The number of nitrogens with two attached hydrogens (primary N) is 1. The monoisotopic (exact) mass is 334 g/mol. The van der Waals surface area contributed by atoms with Crippen LogP contribution in [0.25, 0.3) is 0 Å². The van der Waals surface area contributed by atoms with Gasteiger partial charge in [-0.05, 0) is 43.7 Å². The van der Waals surface area contributed by atoms with E-state index in [-0.39, 0.29) is 6.04 Å². The summed E-state index contributed by atoms with van der Waals surface area (Å²) in [6, 6.07) is 7.95. The molecular weight excluding hydrogens is 312 g/mol. The molecule has 5 heteroatoms. The minimum Gasteiger partial charge on any atom is -0.490 e. The third kappa shape index (κ3) is 3.08. The van der Waals surface area contributed by atoms with E-state index in [2.05, 4.69) is 0 Å². The summed E-state index contributed by atoms with van der Waals surface area (Å²) in [6.45, 7) is 5.71. The predicted molar refractivity (Wildman–Crippen MR) is 87.5 cm³/mol. The van der Waals surface area contributed by atoms with Gasteiger partial charge in [-0.3, -0.25) is 0 Å². The third-order valence-electron chi connectivity index (χ3n) is 4.27. The lowest BCUT2D eigenvalue weighted by atomic mass is 9.89. The first kappa shape index (κ1) is 16.7. The Labute approximate surface area is 140 Å². The van der Waals surface area contributed by atoms with Crippen LogP contribution in [0.15, 0.2) is 30.3 Å². The van der Waals surface area contributed by atoms with Crippen molar-refractivity contribution in [2.24, 2.45) is 0 Å². The average Bonchev–Trinajstić information content (AvgIpc) is 2.58. The Bertz CT molecular complexity index is 734. The SMILES string of the molecule is CCOc1cc2c(cc1OCC)[C@H](c1cccc(F)c1F)[NH2+]CC2. The summed E-state index contributed by atoms with van der Waals surface area (Å²) in [6.07, 6.45) is 0.856. The normalized spacial score (nSPS) is 16.6. The molecule has 1 atom stereocenters. The lowest BCUT2D eigenvalue weighted by Crippen LogP contribution is -2.87. The van der Waals surface area contributed by atoms with Gasteiger partial charge in [0.15, 0.2) is 23.1 Å². The largest absolute Gasteiger partial charge is 0.490 e. The van der Waals surface area contributed by atoms with Crippen molar-refractivity contribution in [2.75, 3.05) is 19.8 Å². The minimum atomic E-state index is -0.816. The van der Waals surface area contributed by atoms with Crippen molar-refractivity contribution in [1.29, 1.82) is 0 Å². The second kappa shape index (κ2) is 7.18. The molecule has 0 aromatic heterocycles. The highest BCUT2D eigenvalue weighted by molar-refractivity contribution is 5.50. The van der Waals surface area contributed by atoms with Crippen LogP contribution >= 0.6 is 0 Å². The molecule has 2 aromatic rings. The van der Waals surface area contributed by atoms with Gasteiger partial charge >= 0.3 is 0 Å². The van der Waals surface area contributed by atoms with Gasteiger partial charge in [0.25, 0.3) is 0 Å². The molecular formula is C19H22F2NO2+. The maximum absolute atomic E-state index is 14.3. The van der Waals surface area contributed by atoms with Gasteiger partial charge in [-0.2, -0.15) is 0 Å². The smallest absolute Gasteiger partial charge is 0.168 e. The molecule has 24 heavy (non-hydrogen) atoms. The standard InChI is InChI=1S/C19H21F2NO2/c1-3-23-16-10-12-8-9-22-19(14(12)11-17(16)24-4-2)13-6-5-7-15(20)18(13)21/h5-7,10-11,19,22H,3-4,8-9H2,1-2H3/p+1/t19-/m0/s1. The quantitative estimate of drug-likeness (QED) is 0.912. The summed E-state index contributed by atoms with van der Waals surface area (Å²) >= 11 is 0. The van der Waals surface area contributed by atoms with Crippen molar-refractivity contribution in [3.8, 4) is 11.5 Å². The fourth-order valence-corrected chi connectivity index (χ4v) is 3.25. The molecule has 2 N–H and O–H groups in total. The van der Waals surface area contributed by atoms with E-state index in [4.69, 9.17) is 9.47 Å². The maximum Gasteiger partial charge on any atom is 0.168 e. The predicted octanol–water partition coefficient (Wildman–Crippen LogP) is 2.97. The first-order chi connectivity index (χ1) is 11.7. The van der Waals surface area contributed by atoms with Crippen molar-refractivity contribution in [1.82, 2.24) is 0 Å². The highest BCUT2D eigenvalue weighted by Gasteiger charge is 2.30. The molecule has 0 spiro atoms. The zero-order chi connectivity index (χ0) is 17.1. The van der Waals surface area contributed by atoms with Crippen LogP contribution in [0.1, 0.15) is 36.6 Å². The molecule has 0 bridgehead atoms. The first-order valence-corrected chi connectivity index (χ1v) is 8.35. The number of hydrogen-bond donors (Lipinski definition) is 1.